The van der Waals surface area contributed by atoms with E-state index in [0.717, 1.165) is 50.7 Å². The largest absolute Gasteiger partial charge is 0.479 e. The van der Waals surface area contributed by atoms with E-state index in [9.17, 15) is 119 Å². The van der Waals surface area contributed by atoms with Crippen LogP contribution >= 0.6 is 0 Å². The second-order valence-electron chi connectivity index (χ2n) is 37.3. The fourth-order valence-electron chi connectivity index (χ4n) is 19.5. The third-order valence-electron chi connectivity index (χ3n) is 27.0. The molecule has 4 aliphatic carbocycles. The Morgan fingerprint density at radius 2 is 0.850 bits per heavy atom. The molecule has 0 bridgehead atoms. The van der Waals surface area contributed by atoms with Crippen LogP contribution in [0.1, 0.15) is 200 Å². The molecule has 0 radical (unpaired) electrons. The van der Waals surface area contributed by atoms with E-state index < -0.39 is 266 Å². The predicted octanol–water partition coefficient (Wildman–Crippen LogP) is -6.11. The summed E-state index contributed by atoms with van der Waals surface area (Å²) in [6.07, 6.45) is -30.3. The Kier molecular flexibility index (Phi) is 41.0. The number of aliphatic hydroxyl groups is 10. The Balaban J connectivity index is 0.680. The lowest BCUT2D eigenvalue weighted by Crippen LogP contribution is -2.68. The summed E-state index contributed by atoms with van der Waals surface area (Å²) >= 11 is 0. The van der Waals surface area contributed by atoms with Crippen molar-refractivity contribution in [3.8, 4) is 0 Å². The highest BCUT2D eigenvalue weighted by Gasteiger charge is 2.57. The summed E-state index contributed by atoms with van der Waals surface area (Å²) in [5.74, 6) is -9.34. The first-order chi connectivity index (χ1) is 67.1. The van der Waals surface area contributed by atoms with E-state index in [1.165, 1.54) is 23.2 Å². The zero-order valence-electron chi connectivity index (χ0n) is 77.8. The number of carbonyl (C=O) groups excluding carboxylic acids is 6. The number of hydrogen-bond donors (Lipinski definition) is 22. The molecule has 4 saturated carbocycles. The molecular formula is C88H134N16O36. The third kappa shape index (κ3) is 29.8. The van der Waals surface area contributed by atoms with E-state index in [0.29, 0.717) is 37.1 Å². The Morgan fingerprint density at radius 1 is 0.464 bits per heavy atom. The molecule has 4 amide bonds. The number of rotatable bonds is 49. The van der Waals surface area contributed by atoms with Crippen LogP contribution in [-0.4, -0.2) is 369 Å². The van der Waals surface area contributed by atoms with Crippen molar-refractivity contribution in [1.29, 1.82) is 0 Å². The molecule has 12 unspecified atom stereocenters. The molecule has 0 aromatic carbocycles. The van der Waals surface area contributed by atoms with E-state index in [4.69, 9.17) is 68.3 Å². The number of carboxylic acids is 2. The predicted molar refractivity (Wildman–Crippen MR) is 474 cm³/mol. The minimum atomic E-state index is -1.96. The second-order valence-corrected chi connectivity index (χ2v) is 37.3. The molecule has 12 rings (SSSR count). The number of H-pyrrole nitrogens is 4. The van der Waals surface area contributed by atoms with Gasteiger partial charge in [-0.25, -0.2) is 19.2 Å². The number of aliphatic carboxylic acids is 2. The molecule has 24 N–H and O–H groups in total. The highest BCUT2D eigenvalue weighted by molar-refractivity contribution is 5.93. The number of nitrogens with one attached hydrogen (secondary N) is 8. The van der Waals surface area contributed by atoms with Crippen molar-refractivity contribution < 1.29 is 156 Å². The van der Waals surface area contributed by atoms with Gasteiger partial charge in [0.1, 0.15) is 132 Å². The maximum absolute atomic E-state index is 14.5. The molecule has 4 aromatic rings. The van der Waals surface area contributed by atoms with Crippen molar-refractivity contribution in [2.75, 3.05) is 39.5 Å². The zero-order valence-corrected chi connectivity index (χ0v) is 77.8. The second kappa shape index (κ2) is 52.4. The number of aromatic amines is 4. The van der Waals surface area contributed by atoms with Crippen molar-refractivity contribution in [3.63, 3.8) is 0 Å². The molecular weight excluding hydrogens is 1860 g/mol. The highest BCUT2D eigenvalue weighted by atomic mass is 16.8. The molecule has 8 aliphatic rings. The van der Waals surface area contributed by atoms with Gasteiger partial charge >= 0.3 is 23.3 Å². The Morgan fingerprint density at radius 3 is 1.21 bits per heavy atom. The molecule has 8 heterocycles. The molecule has 0 spiro atoms. The zero-order chi connectivity index (χ0) is 101. The smallest absolute Gasteiger partial charge is 0.332 e. The van der Waals surface area contributed by atoms with Crippen molar-refractivity contribution in [2.45, 2.75) is 366 Å². The van der Waals surface area contributed by atoms with Crippen molar-refractivity contribution in [3.05, 3.63) is 89.0 Å². The summed E-state index contributed by atoms with van der Waals surface area (Å²) in [5.41, 5.74) is 7.39. The molecule has 4 saturated heterocycles. The number of ether oxygens (including phenoxy) is 12. The quantitative estimate of drug-likeness (QED) is 0.0183. The minimum Gasteiger partial charge on any atom is -0.479 e. The van der Waals surface area contributed by atoms with Gasteiger partial charge in [0, 0.05) is 62.7 Å². The minimum absolute atomic E-state index is 0.00387. The number of nitrogens with two attached hydrogens (primary N) is 2. The van der Waals surface area contributed by atoms with Gasteiger partial charge in [0.15, 0.2) is 37.4 Å². The number of amides is 4. The van der Waals surface area contributed by atoms with Crippen LogP contribution < -0.4 is 55.2 Å². The fraction of sp³-hybridized carbons (Fsp3) is 0.773. The molecule has 4 aromatic heterocycles. The number of aryl methyl sites for hydroxylation is 2. The first kappa shape index (κ1) is 110. The average molecular weight is 1990 g/mol. The molecule has 52 nitrogen and oxygen atoms in total. The lowest BCUT2D eigenvalue weighted by molar-refractivity contribution is -0.335. The molecule has 52 heteroatoms. The van der Waals surface area contributed by atoms with Gasteiger partial charge in [-0.2, -0.15) is 0 Å². The van der Waals surface area contributed by atoms with E-state index in [1.54, 1.807) is 12.4 Å². The van der Waals surface area contributed by atoms with Crippen LogP contribution in [-0.2, 0) is 112 Å². The maximum atomic E-state index is 14.5. The number of hydrogen-bond acceptors (Lipinski definition) is 40. The number of aliphatic hydroxyl groups excluding tert-OH is 10. The van der Waals surface area contributed by atoms with E-state index in [1.807, 2.05) is 9.97 Å². The average Bonchev–Trinajstić information content (AvgIpc) is 0.901. The summed E-state index contributed by atoms with van der Waals surface area (Å²) < 4.78 is 78.1. The van der Waals surface area contributed by atoms with Gasteiger partial charge in [-0.05, 0) is 103 Å². The Bertz CT molecular complexity index is 4580. The molecule has 4 aliphatic heterocycles. The summed E-state index contributed by atoms with van der Waals surface area (Å²) in [6.45, 7) is 1.29. The fourth-order valence-corrected chi connectivity index (χ4v) is 19.5. The first-order valence-electron chi connectivity index (χ1n) is 48.0. The van der Waals surface area contributed by atoms with Crippen LogP contribution in [0.5, 0.6) is 0 Å². The number of carboxylic acid groups (broad SMARTS) is 2. The number of aromatic nitrogens is 10. The van der Waals surface area contributed by atoms with Gasteiger partial charge in [0.2, 0.25) is 11.8 Å². The summed E-state index contributed by atoms with van der Waals surface area (Å²) in [6, 6.07) is -4.49. The molecule has 30 atom stereocenters. The number of Topliss-reactive ketones (excluding diaryl/α,β-unsaturated/α-hetero) is 2. The maximum Gasteiger partial charge on any atom is 0.332 e. The highest BCUT2D eigenvalue weighted by Crippen LogP contribution is 2.42. The standard InChI is InChI=1S/C88H134N16O36/c1-41-67(113)71(117)73(119)85(131-41)139-75-49(91-79(121)51-33-63(111)97-87(127)93-51)29-45(53(107)17-9-21-89)31-55(75)135-83-65(77(69(115)59(37-105)137-83)133-57(81(123)124)27-43-13-5-3-6-14-43)95-61(109)19-11-23-103-35-47(99-101-103)39-129-25-26-130-40-48-36-104(102-100-48)24-12-20-62(110)96-66-78(134-58(82(125)126)28-44-15-7-4-8-16-44)70(116)60(38-106)138-84(66)136-56-32-46(54(108)18-10-22-90)30-50(92-80(122)52-34-64(112)98-88(128)94-52)76(56)140-86-74(120)72(118)68(114)42(2)132-86/h33-36,41-46,49-50,55-60,65-78,83-86,105-106,113-120H,3-32,37-40,89-90H2,1-2H3,(H,91,121)(H,92,122)(H,95,109)(H,96,110)(H,123,124)(H,125,126)(H2,93,97,111,127)(H2,94,98,112,128)/t41?,42?,45?,46?,49?,50?,55-,56-,57+,58+,59+,60+,65?,66?,67-,68-,69+,70+,71+,72+,73?,74?,75-,76-,77?,78?,83-,84-,85+,86+/m1/s1. The normalized spacial score (nSPS) is 32.4. The molecule has 782 valence electrons. The van der Waals surface area contributed by atoms with E-state index in [2.05, 4.69) is 51.9 Å². The topological polar surface area (TPSA) is 783 Å². The Hall–Kier alpha value is -9.16. The van der Waals surface area contributed by atoms with Crippen LogP contribution in [0.3, 0.4) is 0 Å². The van der Waals surface area contributed by atoms with Gasteiger partial charge in [-0.3, -0.25) is 57.7 Å². The number of ketones is 2. The Labute approximate surface area is 800 Å². The third-order valence-corrected chi connectivity index (χ3v) is 27.0. The van der Waals surface area contributed by atoms with Gasteiger partial charge in [0.25, 0.3) is 22.9 Å². The summed E-state index contributed by atoms with van der Waals surface area (Å²) in [4.78, 5) is 170. The molecule has 140 heavy (non-hydrogen) atoms. The van der Waals surface area contributed by atoms with Crippen LogP contribution in [0.4, 0.5) is 0 Å². The van der Waals surface area contributed by atoms with Crippen LogP contribution in [0, 0.1) is 23.7 Å². The van der Waals surface area contributed by atoms with Crippen molar-refractivity contribution in [1.82, 2.24) is 71.2 Å². The number of carbonyl (C=O) groups is 8. The van der Waals surface area contributed by atoms with Gasteiger partial charge < -0.3 is 161 Å². The van der Waals surface area contributed by atoms with Crippen molar-refractivity contribution in [2.24, 2.45) is 35.1 Å². The van der Waals surface area contributed by atoms with Crippen LogP contribution in [0.2, 0.25) is 0 Å². The SMILES string of the molecule is CC1O[C@@H](O[C@@H]2C(NC(=O)c3cc(=O)[nH]c(=O)[nH]3)CC(C(=O)CCCN)C[C@H]2O[C@@H]2O[C@@H](CO)[C@H](O)C(O[C@@H](CC3CCCCC3)C(=O)O)C2NC(=O)CCCn2cc(COCCOCc3cn(CCCC(=O)NC4C(O[C@@H](CC5CCCCC5)C(=O)O)[C@@H](O)[C@H](CO)O[C@H]4O[C@@H]4CC(C(=O)CCCN)CC(NC(=O)c5cc(=O)[nH]c(=O)[nH]5)[C@H]4O[C@@H]4OC(C)[C@@H](O)[C@H](O)C4O)nn3)nn2)C(O)[C@@H](O)[C@@H]1O. The van der Waals surface area contributed by atoms with E-state index in [-0.39, 0.29) is 166 Å². The van der Waals surface area contributed by atoms with Gasteiger partial charge in [-0.1, -0.05) is 74.6 Å². The monoisotopic (exact) mass is 1990 g/mol. The summed E-state index contributed by atoms with van der Waals surface area (Å²) in [7, 11) is 0. The van der Waals surface area contributed by atoms with Crippen molar-refractivity contribution >= 4 is 47.1 Å². The lowest BCUT2D eigenvalue weighted by Gasteiger charge is -2.49. The van der Waals surface area contributed by atoms with Crippen LogP contribution in [0.15, 0.2) is 43.7 Å². The van der Waals surface area contributed by atoms with Gasteiger partial charge in [-0.15, -0.1) is 10.2 Å². The summed E-state index contributed by atoms with van der Waals surface area (Å²) in [5, 5.41) is 161. The molecule has 8 fully saturated rings. The van der Waals surface area contributed by atoms with Gasteiger partial charge in [0.05, 0.1) is 88.5 Å². The lowest BCUT2D eigenvalue weighted by atomic mass is 9.78. The van der Waals surface area contributed by atoms with E-state index >= 15 is 0 Å². The van der Waals surface area contributed by atoms with Crippen LogP contribution in [0.25, 0.3) is 0 Å². The first-order valence-corrected chi connectivity index (χ1v) is 48.0. The number of nitrogens with zero attached hydrogens (tertiary/aromatic N) is 6.